The summed E-state index contributed by atoms with van der Waals surface area (Å²) in [5, 5.41) is 5.00. The van der Waals surface area contributed by atoms with Crippen molar-refractivity contribution in [1.29, 1.82) is 0 Å². The molecule has 1 aromatic heterocycles. The van der Waals surface area contributed by atoms with Gasteiger partial charge in [0.05, 0.1) is 24.8 Å². The number of thiophene rings is 1. The van der Waals surface area contributed by atoms with Crippen molar-refractivity contribution in [3.05, 3.63) is 46.8 Å². The normalized spacial score (nSPS) is 17.0. The summed E-state index contributed by atoms with van der Waals surface area (Å²) in [5.74, 6) is -1.08. The van der Waals surface area contributed by atoms with E-state index in [9.17, 15) is 14.4 Å². The van der Waals surface area contributed by atoms with Crippen LogP contribution in [-0.4, -0.2) is 62.0 Å². The highest BCUT2D eigenvalue weighted by Crippen LogP contribution is 2.23. The van der Waals surface area contributed by atoms with E-state index in [2.05, 4.69) is 22.0 Å². The zero-order valence-corrected chi connectivity index (χ0v) is 17.2. The molecule has 9 heteroatoms. The third-order valence-electron chi connectivity index (χ3n) is 4.95. The smallest absolute Gasteiger partial charge is 0.337 e. The Balaban J connectivity index is 1.56. The van der Waals surface area contributed by atoms with Gasteiger partial charge >= 0.3 is 5.97 Å². The number of ether oxygens (including phenoxy) is 1. The Morgan fingerprint density at radius 1 is 1.21 bits per heavy atom. The summed E-state index contributed by atoms with van der Waals surface area (Å²) in [7, 11) is 1.36. The average Bonchev–Trinajstić information content (AvgIpc) is 3.17. The number of esters is 1. The molecule has 0 spiro atoms. The molecular weight excluding hydrogens is 392 g/mol. The summed E-state index contributed by atoms with van der Waals surface area (Å²) in [4.78, 5) is 39.7. The number of rotatable bonds is 6. The quantitative estimate of drug-likeness (QED) is 0.696. The Morgan fingerprint density at radius 2 is 1.93 bits per heavy atom. The molecule has 1 fully saturated rings. The predicted molar refractivity (Wildman–Crippen MR) is 112 cm³/mol. The van der Waals surface area contributed by atoms with Gasteiger partial charge in [0.1, 0.15) is 5.00 Å². The largest absolute Gasteiger partial charge is 0.465 e. The van der Waals surface area contributed by atoms with E-state index in [-0.39, 0.29) is 24.5 Å². The van der Waals surface area contributed by atoms with Crippen LogP contribution in [0.5, 0.6) is 0 Å². The molecule has 1 saturated heterocycles. The van der Waals surface area contributed by atoms with E-state index in [1.807, 2.05) is 12.1 Å². The average molecular weight is 417 g/mol. The van der Waals surface area contributed by atoms with Gasteiger partial charge in [0.2, 0.25) is 5.91 Å². The predicted octanol–water partition coefficient (Wildman–Crippen LogP) is 1.78. The summed E-state index contributed by atoms with van der Waals surface area (Å²) in [6.07, 6.45) is 0. The number of piperazine rings is 1. The minimum atomic E-state index is -0.554. The minimum absolute atomic E-state index is 0.161. The molecule has 0 radical (unpaired) electrons. The monoisotopic (exact) mass is 416 g/mol. The van der Waals surface area contributed by atoms with Gasteiger partial charge in [-0.15, -0.1) is 11.3 Å². The highest BCUT2D eigenvalue weighted by atomic mass is 32.1. The summed E-state index contributed by atoms with van der Waals surface area (Å²) in [5.41, 5.74) is 7.19. The van der Waals surface area contributed by atoms with Crippen molar-refractivity contribution in [1.82, 2.24) is 4.90 Å². The molecule has 29 heavy (non-hydrogen) atoms. The molecule has 8 nitrogen and oxygen atoms in total. The fourth-order valence-corrected chi connectivity index (χ4v) is 4.15. The second-order valence-corrected chi connectivity index (χ2v) is 7.80. The molecule has 2 heterocycles. The van der Waals surface area contributed by atoms with Gasteiger partial charge in [0, 0.05) is 31.4 Å². The molecule has 3 N–H and O–H groups in total. The minimum Gasteiger partial charge on any atom is -0.465 e. The van der Waals surface area contributed by atoms with E-state index in [0.29, 0.717) is 16.1 Å². The van der Waals surface area contributed by atoms with Gasteiger partial charge in [0.25, 0.3) is 5.91 Å². The number of primary amides is 1. The standard InChI is InChI=1S/C20H24N4O4S/c1-13-11-24(15-5-3-14(4-6-15)20(27)28-2)9-8-23(13)12-17(25)22-19-16(18(21)26)7-10-29-19/h3-7,10,13H,8-9,11-12H2,1-2H3,(H2,21,26)(H,22,25). The van der Waals surface area contributed by atoms with E-state index in [0.717, 1.165) is 25.3 Å². The summed E-state index contributed by atoms with van der Waals surface area (Å²) in [6, 6.07) is 9.09. The molecule has 0 bridgehead atoms. The Morgan fingerprint density at radius 3 is 2.55 bits per heavy atom. The molecule has 1 aliphatic heterocycles. The van der Waals surface area contributed by atoms with Gasteiger partial charge in [-0.05, 0) is 42.6 Å². The maximum atomic E-state index is 12.4. The van der Waals surface area contributed by atoms with E-state index in [1.54, 1.807) is 23.6 Å². The highest BCUT2D eigenvalue weighted by molar-refractivity contribution is 7.14. The second-order valence-electron chi connectivity index (χ2n) is 6.88. The van der Waals surface area contributed by atoms with E-state index < -0.39 is 5.91 Å². The van der Waals surface area contributed by atoms with Crippen LogP contribution in [0.1, 0.15) is 27.6 Å². The number of benzene rings is 1. The number of hydrogen-bond donors (Lipinski definition) is 2. The third-order valence-corrected chi connectivity index (χ3v) is 5.78. The van der Waals surface area contributed by atoms with Crippen molar-refractivity contribution in [3.8, 4) is 0 Å². The van der Waals surface area contributed by atoms with Gasteiger partial charge in [-0.3, -0.25) is 14.5 Å². The lowest BCUT2D eigenvalue weighted by Crippen LogP contribution is -2.53. The number of carbonyl (C=O) groups is 3. The number of carbonyl (C=O) groups excluding carboxylic acids is 3. The van der Waals surface area contributed by atoms with Crippen LogP contribution in [0.3, 0.4) is 0 Å². The molecule has 2 aromatic rings. The molecule has 0 saturated carbocycles. The van der Waals surface area contributed by atoms with Crippen molar-refractivity contribution >= 4 is 39.8 Å². The number of methoxy groups -OCH3 is 1. The molecule has 1 aromatic carbocycles. The fourth-order valence-electron chi connectivity index (χ4n) is 3.34. The SMILES string of the molecule is COC(=O)c1ccc(N2CCN(CC(=O)Nc3sccc3C(N)=O)C(C)C2)cc1. The first-order chi connectivity index (χ1) is 13.9. The van der Waals surface area contributed by atoms with Crippen LogP contribution in [0, 0.1) is 0 Å². The molecule has 1 aliphatic rings. The molecule has 1 unspecified atom stereocenters. The maximum absolute atomic E-state index is 12.4. The molecule has 154 valence electrons. The van der Waals surface area contributed by atoms with E-state index >= 15 is 0 Å². The first kappa shape index (κ1) is 20.8. The Bertz CT molecular complexity index is 896. The van der Waals surface area contributed by atoms with Crippen molar-refractivity contribution in [2.24, 2.45) is 5.73 Å². The van der Waals surface area contributed by atoms with Gasteiger partial charge in [-0.1, -0.05) is 0 Å². The zero-order chi connectivity index (χ0) is 21.0. The van der Waals surface area contributed by atoms with E-state index in [1.165, 1.54) is 18.4 Å². The zero-order valence-electron chi connectivity index (χ0n) is 16.4. The van der Waals surface area contributed by atoms with Crippen LogP contribution in [0.4, 0.5) is 10.7 Å². The van der Waals surface area contributed by atoms with Crippen LogP contribution in [0.25, 0.3) is 0 Å². The Kier molecular flexibility index (Phi) is 6.50. The lowest BCUT2D eigenvalue weighted by Gasteiger charge is -2.40. The van der Waals surface area contributed by atoms with Gasteiger partial charge < -0.3 is 20.7 Å². The summed E-state index contributed by atoms with van der Waals surface area (Å²) in [6.45, 7) is 4.56. The second kappa shape index (κ2) is 9.06. The highest BCUT2D eigenvalue weighted by Gasteiger charge is 2.26. The molecule has 0 aliphatic carbocycles. The molecular formula is C20H24N4O4S. The first-order valence-electron chi connectivity index (χ1n) is 9.23. The topological polar surface area (TPSA) is 105 Å². The van der Waals surface area contributed by atoms with Crippen molar-refractivity contribution < 1.29 is 19.1 Å². The van der Waals surface area contributed by atoms with Crippen LogP contribution >= 0.6 is 11.3 Å². The summed E-state index contributed by atoms with van der Waals surface area (Å²) >= 11 is 1.28. The van der Waals surface area contributed by atoms with E-state index in [4.69, 9.17) is 10.5 Å². The van der Waals surface area contributed by atoms with Gasteiger partial charge in [-0.2, -0.15) is 0 Å². The Labute approximate surface area is 173 Å². The molecule has 2 amide bonds. The summed E-state index contributed by atoms with van der Waals surface area (Å²) < 4.78 is 4.73. The van der Waals surface area contributed by atoms with Crippen molar-refractivity contribution in [2.75, 3.05) is 43.5 Å². The van der Waals surface area contributed by atoms with Gasteiger partial charge in [-0.25, -0.2) is 4.79 Å². The van der Waals surface area contributed by atoms with Crippen LogP contribution in [0.15, 0.2) is 35.7 Å². The number of nitrogens with one attached hydrogen (secondary N) is 1. The van der Waals surface area contributed by atoms with Gasteiger partial charge in [0.15, 0.2) is 0 Å². The number of hydrogen-bond acceptors (Lipinski definition) is 7. The van der Waals surface area contributed by atoms with Crippen molar-refractivity contribution in [3.63, 3.8) is 0 Å². The van der Waals surface area contributed by atoms with Crippen molar-refractivity contribution in [2.45, 2.75) is 13.0 Å². The van der Waals surface area contributed by atoms with Crippen LogP contribution in [-0.2, 0) is 9.53 Å². The lowest BCUT2D eigenvalue weighted by atomic mass is 10.1. The molecule has 1 atom stereocenters. The number of anilines is 2. The Hall–Kier alpha value is -2.91. The number of nitrogens with two attached hydrogens (primary N) is 1. The molecule has 3 rings (SSSR count). The van der Waals surface area contributed by atoms with Crippen LogP contribution in [0.2, 0.25) is 0 Å². The van der Waals surface area contributed by atoms with Crippen LogP contribution < -0.4 is 16.0 Å². The number of nitrogens with zero attached hydrogens (tertiary/aromatic N) is 2. The first-order valence-corrected chi connectivity index (χ1v) is 10.1. The maximum Gasteiger partial charge on any atom is 0.337 e. The lowest BCUT2D eigenvalue weighted by molar-refractivity contribution is -0.117. The third kappa shape index (κ3) is 4.93. The number of amides is 2. The fraction of sp³-hybridized carbons (Fsp3) is 0.350.